The molecular weight excluding hydrogens is 230 g/mol. The predicted octanol–water partition coefficient (Wildman–Crippen LogP) is 0.465. The summed E-state index contributed by atoms with van der Waals surface area (Å²) in [4.78, 5) is 15.7. The fourth-order valence-corrected chi connectivity index (χ4v) is 2.35. The minimum Gasteiger partial charge on any atom is -0.480 e. The van der Waals surface area contributed by atoms with E-state index in [1.807, 2.05) is 0 Å². The van der Waals surface area contributed by atoms with Crippen molar-refractivity contribution < 1.29 is 9.90 Å². The van der Waals surface area contributed by atoms with Crippen molar-refractivity contribution in [3.8, 4) is 0 Å². The van der Waals surface area contributed by atoms with Gasteiger partial charge in [-0.2, -0.15) is 0 Å². The highest BCUT2D eigenvalue weighted by Gasteiger charge is 2.26. The Labute approximate surface area is 110 Å². The molecule has 0 saturated carbocycles. The van der Waals surface area contributed by atoms with Gasteiger partial charge in [-0.1, -0.05) is 0 Å². The van der Waals surface area contributed by atoms with E-state index in [4.69, 9.17) is 5.11 Å². The van der Waals surface area contributed by atoms with Crippen molar-refractivity contribution in [3.63, 3.8) is 0 Å². The van der Waals surface area contributed by atoms with Gasteiger partial charge in [0.1, 0.15) is 6.04 Å². The molecule has 1 rings (SSSR count). The summed E-state index contributed by atoms with van der Waals surface area (Å²) >= 11 is 0. The molecule has 0 aromatic heterocycles. The Morgan fingerprint density at radius 1 is 1.28 bits per heavy atom. The molecule has 0 bridgehead atoms. The Kier molecular flexibility index (Phi) is 5.56. The number of carboxylic acid groups (broad SMARTS) is 1. The van der Waals surface area contributed by atoms with E-state index in [0.29, 0.717) is 6.42 Å². The molecular formula is C13H27N3O2. The second kappa shape index (κ2) is 6.50. The fraction of sp³-hybridized carbons (Fsp3) is 0.923. The van der Waals surface area contributed by atoms with Crippen LogP contribution in [0.3, 0.4) is 0 Å². The van der Waals surface area contributed by atoms with Crippen molar-refractivity contribution in [3.05, 3.63) is 0 Å². The molecule has 0 spiro atoms. The number of piperazine rings is 1. The number of hydrogen-bond acceptors (Lipinski definition) is 4. The first-order chi connectivity index (χ1) is 8.34. The molecule has 1 atom stereocenters. The molecule has 2 N–H and O–H groups in total. The standard InChI is InChI=1S/C13H27N3O2/c1-13(2,3)16-9-7-15(8-10-16)6-5-11(14-4)12(17)18/h11,14H,5-10H2,1-4H3,(H,17,18). The number of aliphatic carboxylic acids is 1. The van der Waals surface area contributed by atoms with Crippen molar-refractivity contribution in [2.75, 3.05) is 39.8 Å². The van der Waals surface area contributed by atoms with Crippen molar-refractivity contribution >= 4 is 5.97 Å². The summed E-state index contributed by atoms with van der Waals surface area (Å²) in [6, 6.07) is -0.425. The van der Waals surface area contributed by atoms with E-state index in [2.05, 4.69) is 35.9 Å². The van der Waals surface area contributed by atoms with Gasteiger partial charge in [0.2, 0.25) is 0 Å². The Morgan fingerprint density at radius 3 is 2.22 bits per heavy atom. The van der Waals surface area contributed by atoms with Crippen LogP contribution in [0.2, 0.25) is 0 Å². The number of likely N-dealkylation sites (N-methyl/N-ethyl adjacent to an activating group) is 1. The van der Waals surface area contributed by atoms with Gasteiger partial charge in [0, 0.05) is 38.3 Å². The fourth-order valence-electron chi connectivity index (χ4n) is 2.35. The molecule has 5 nitrogen and oxygen atoms in total. The van der Waals surface area contributed by atoms with Crippen LogP contribution in [0.15, 0.2) is 0 Å². The average molecular weight is 257 g/mol. The highest BCUT2D eigenvalue weighted by atomic mass is 16.4. The highest BCUT2D eigenvalue weighted by molar-refractivity contribution is 5.73. The lowest BCUT2D eigenvalue weighted by molar-refractivity contribution is -0.139. The van der Waals surface area contributed by atoms with Crippen LogP contribution in [0.1, 0.15) is 27.2 Å². The lowest BCUT2D eigenvalue weighted by Gasteiger charge is -2.42. The number of nitrogens with one attached hydrogen (secondary N) is 1. The summed E-state index contributed by atoms with van der Waals surface area (Å²) in [5, 5.41) is 11.8. The zero-order chi connectivity index (χ0) is 13.8. The van der Waals surface area contributed by atoms with Gasteiger partial charge < -0.3 is 15.3 Å². The van der Waals surface area contributed by atoms with Crippen LogP contribution in [0.4, 0.5) is 0 Å². The smallest absolute Gasteiger partial charge is 0.320 e. The molecule has 1 saturated heterocycles. The minimum atomic E-state index is -0.758. The van der Waals surface area contributed by atoms with Crippen LogP contribution >= 0.6 is 0 Å². The molecule has 1 heterocycles. The molecule has 0 amide bonds. The summed E-state index contributed by atoms with van der Waals surface area (Å²) in [6.45, 7) is 11.8. The maximum absolute atomic E-state index is 10.9. The molecule has 1 fully saturated rings. The Balaban J connectivity index is 2.30. The SMILES string of the molecule is CNC(CCN1CCN(C(C)(C)C)CC1)C(=O)O. The van der Waals surface area contributed by atoms with Gasteiger partial charge in [-0.3, -0.25) is 9.69 Å². The van der Waals surface area contributed by atoms with E-state index < -0.39 is 12.0 Å². The topological polar surface area (TPSA) is 55.8 Å². The quantitative estimate of drug-likeness (QED) is 0.749. The van der Waals surface area contributed by atoms with Crippen molar-refractivity contribution in [1.29, 1.82) is 0 Å². The molecule has 0 aliphatic carbocycles. The molecule has 0 aromatic rings. The first-order valence-corrected chi connectivity index (χ1v) is 6.72. The summed E-state index contributed by atoms with van der Waals surface area (Å²) < 4.78 is 0. The third kappa shape index (κ3) is 4.55. The van der Waals surface area contributed by atoms with Crippen molar-refractivity contribution in [2.24, 2.45) is 0 Å². The van der Waals surface area contributed by atoms with Crippen LogP contribution in [0, 0.1) is 0 Å². The summed E-state index contributed by atoms with van der Waals surface area (Å²) in [5.41, 5.74) is 0.237. The predicted molar refractivity (Wildman–Crippen MR) is 72.9 cm³/mol. The molecule has 5 heteroatoms. The lowest BCUT2D eigenvalue weighted by atomic mass is 10.0. The Hall–Kier alpha value is -0.650. The summed E-state index contributed by atoms with van der Waals surface area (Å²) in [7, 11) is 1.70. The van der Waals surface area contributed by atoms with Gasteiger partial charge >= 0.3 is 5.97 Å². The van der Waals surface area contributed by atoms with E-state index in [1.165, 1.54) is 0 Å². The molecule has 1 aliphatic rings. The van der Waals surface area contributed by atoms with Crippen molar-refractivity contribution in [2.45, 2.75) is 38.8 Å². The summed E-state index contributed by atoms with van der Waals surface area (Å²) in [6.07, 6.45) is 0.668. The number of carboxylic acids is 1. The maximum Gasteiger partial charge on any atom is 0.320 e. The van der Waals surface area contributed by atoms with Gasteiger partial charge in [-0.15, -0.1) is 0 Å². The van der Waals surface area contributed by atoms with E-state index in [0.717, 1.165) is 32.7 Å². The Bertz CT molecular complexity index is 268. The van der Waals surface area contributed by atoms with E-state index in [9.17, 15) is 4.79 Å². The van der Waals surface area contributed by atoms with Crippen LogP contribution in [-0.4, -0.2) is 72.2 Å². The Morgan fingerprint density at radius 2 is 1.83 bits per heavy atom. The van der Waals surface area contributed by atoms with E-state index in [1.54, 1.807) is 7.05 Å². The van der Waals surface area contributed by atoms with Gasteiger partial charge in [-0.25, -0.2) is 0 Å². The third-order valence-electron chi connectivity index (χ3n) is 3.70. The first kappa shape index (κ1) is 15.4. The van der Waals surface area contributed by atoms with Crippen LogP contribution in [-0.2, 0) is 4.79 Å². The number of carbonyl (C=O) groups is 1. The second-order valence-corrected chi connectivity index (χ2v) is 5.97. The third-order valence-corrected chi connectivity index (χ3v) is 3.70. The second-order valence-electron chi connectivity index (χ2n) is 5.97. The van der Waals surface area contributed by atoms with Crippen LogP contribution < -0.4 is 5.32 Å². The normalized spacial score (nSPS) is 20.9. The van der Waals surface area contributed by atoms with Gasteiger partial charge in [0.15, 0.2) is 0 Å². The van der Waals surface area contributed by atoms with Gasteiger partial charge in [-0.05, 0) is 34.2 Å². The highest BCUT2D eigenvalue weighted by Crippen LogP contribution is 2.15. The largest absolute Gasteiger partial charge is 0.480 e. The number of rotatable bonds is 5. The summed E-state index contributed by atoms with van der Waals surface area (Å²) in [5.74, 6) is -0.758. The van der Waals surface area contributed by atoms with E-state index >= 15 is 0 Å². The van der Waals surface area contributed by atoms with Crippen molar-refractivity contribution in [1.82, 2.24) is 15.1 Å². The maximum atomic E-state index is 10.9. The molecule has 1 unspecified atom stereocenters. The van der Waals surface area contributed by atoms with Crippen LogP contribution in [0.25, 0.3) is 0 Å². The molecule has 106 valence electrons. The molecule has 18 heavy (non-hydrogen) atoms. The minimum absolute atomic E-state index is 0.237. The number of nitrogens with zero attached hydrogens (tertiary/aromatic N) is 2. The van der Waals surface area contributed by atoms with Crippen LogP contribution in [0.5, 0.6) is 0 Å². The zero-order valence-corrected chi connectivity index (χ0v) is 12.1. The zero-order valence-electron chi connectivity index (χ0n) is 12.1. The lowest BCUT2D eigenvalue weighted by Crippen LogP contribution is -2.54. The number of hydrogen-bond donors (Lipinski definition) is 2. The van der Waals surface area contributed by atoms with Gasteiger partial charge in [0.25, 0.3) is 0 Å². The molecule has 1 aliphatic heterocycles. The molecule has 0 aromatic carbocycles. The van der Waals surface area contributed by atoms with Gasteiger partial charge in [0.05, 0.1) is 0 Å². The average Bonchev–Trinajstić information content (AvgIpc) is 2.29. The molecule has 0 radical (unpaired) electrons. The monoisotopic (exact) mass is 257 g/mol. The van der Waals surface area contributed by atoms with E-state index in [-0.39, 0.29) is 5.54 Å². The first-order valence-electron chi connectivity index (χ1n) is 6.72.